The monoisotopic (exact) mass is 295 g/mol. The van der Waals surface area contributed by atoms with Crippen LogP contribution in [0.4, 0.5) is 0 Å². The van der Waals surface area contributed by atoms with Crippen molar-refractivity contribution in [3.05, 3.63) is 24.0 Å². The molecule has 2 aromatic rings. The number of para-hydroxylation sites is 1. The van der Waals surface area contributed by atoms with Crippen molar-refractivity contribution in [1.29, 1.82) is 0 Å². The molecule has 0 radical (unpaired) electrons. The lowest BCUT2D eigenvalue weighted by Crippen LogP contribution is -2.25. The molecule has 5 nitrogen and oxygen atoms in total. The summed E-state index contributed by atoms with van der Waals surface area (Å²) in [7, 11) is -1.34. The molecule has 1 aromatic carbocycles. The van der Waals surface area contributed by atoms with Crippen LogP contribution in [0, 0.1) is 0 Å². The summed E-state index contributed by atoms with van der Waals surface area (Å²) in [6, 6.07) is 5.70. The highest BCUT2D eigenvalue weighted by atomic mass is 32.2. The predicted octanol–water partition coefficient (Wildman–Crippen LogP) is 1.52. The molecule has 0 spiro atoms. The van der Waals surface area contributed by atoms with Gasteiger partial charge in [-0.1, -0.05) is 19.9 Å². The molecule has 1 aromatic heterocycles. The van der Waals surface area contributed by atoms with Crippen molar-refractivity contribution < 1.29 is 8.42 Å². The molecule has 110 valence electrons. The third-order valence-corrected chi connectivity index (χ3v) is 4.40. The summed E-state index contributed by atoms with van der Waals surface area (Å²) in [6.07, 6.45) is 1.99. The number of nitrogens with zero attached hydrogens (tertiary/aromatic N) is 2. The molecular formula is C14H21N3O2S. The SMILES string of the molecule is CC(C)NCCc1nc2c(S(C)(=O)=O)cccc2n1C. The van der Waals surface area contributed by atoms with E-state index in [2.05, 4.69) is 24.1 Å². The largest absolute Gasteiger partial charge is 0.331 e. The maximum atomic E-state index is 11.8. The van der Waals surface area contributed by atoms with E-state index in [9.17, 15) is 8.42 Å². The third kappa shape index (κ3) is 3.02. The first-order chi connectivity index (χ1) is 9.30. The van der Waals surface area contributed by atoms with E-state index >= 15 is 0 Å². The van der Waals surface area contributed by atoms with E-state index in [4.69, 9.17) is 0 Å². The van der Waals surface area contributed by atoms with Crippen molar-refractivity contribution in [2.75, 3.05) is 12.8 Å². The number of aryl methyl sites for hydroxylation is 1. The van der Waals surface area contributed by atoms with Crippen LogP contribution >= 0.6 is 0 Å². The Bertz CT molecular complexity index is 717. The maximum Gasteiger partial charge on any atom is 0.177 e. The first kappa shape index (κ1) is 15.0. The molecule has 0 bridgehead atoms. The van der Waals surface area contributed by atoms with Gasteiger partial charge in [-0.05, 0) is 12.1 Å². The van der Waals surface area contributed by atoms with E-state index in [-0.39, 0.29) is 0 Å². The van der Waals surface area contributed by atoms with Gasteiger partial charge in [-0.15, -0.1) is 0 Å². The van der Waals surface area contributed by atoms with Crippen molar-refractivity contribution in [3.63, 3.8) is 0 Å². The Morgan fingerprint density at radius 1 is 1.35 bits per heavy atom. The van der Waals surface area contributed by atoms with Crippen molar-refractivity contribution >= 4 is 20.9 Å². The number of hydrogen-bond donors (Lipinski definition) is 1. The Morgan fingerprint density at radius 3 is 2.65 bits per heavy atom. The lowest BCUT2D eigenvalue weighted by molar-refractivity contribution is 0.578. The zero-order valence-corrected chi connectivity index (χ0v) is 13.2. The maximum absolute atomic E-state index is 11.8. The molecule has 0 fully saturated rings. The number of nitrogens with one attached hydrogen (secondary N) is 1. The van der Waals surface area contributed by atoms with Crippen LogP contribution in [0.5, 0.6) is 0 Å². The minimum atomic E-state index is -3.26. The van der Waals surface area contributed by atoms with Gasteiger partial charge in [0, 0.05) is 32.3 Å². The third-order valence-electron chi connectivity index (χ3n) is 3.27. The highest BCUT2D eigenvalue weighted by molar-refractivity contribution is 7.91. The number of rotatable bonds is 5. The van der Waals surface area contributed by atoms with Gasteiger partial charge in [0.25, 0.3) is 0 Å². The van der Waals surface area contributed by atoms with Gasteiger partial charge in [-0.3, -0.25) is 0 Å². The summed E-state index contributed by atoms with van der Waals surface area (Å²) in [5.41, 5.74) is 1.42. The van der Waals surface area contributed by atoms with Crippen molar-refractivity contribution in [1.82, 2.24) is 14.9 Å². The summed E-state index contributed by atoms with van der Waals surface area (Å²) in [6.45, 7) is 5.01. The number of sulfone groups is 1. The molecule has 0 saturated carbocycles. The normalized spacial score (nSPS) is 12.4. The summed E-state index contributed by atoms with van der Waals surface area (Å²) in [5, 5.41) is 3.34. The van der Waals surface area contributed by atoms with Crippen LogP contribution in [0.2, 0.25) is 0 Å². The second-order valence-electron chi connectivity index (χ2n) is 5.34. The lowest BCUT2D eigenvalue weighted by Gasteiger charge is -2.07. The number of imidazole rings is 1. The van der Waals surface area contributed by atoms with Crippen molar-refractivity contribution in [2.45, 2.75) is 31.2 Å². The average Bonchev–Trinajstić information content (AvgIpc) is 2.65. The fraction of sp³-hybridized carbons (Fsp3) is 0.500. The van der Waals surface area contributed by atoms with Gasteiger partial charge in [0.1, 0.15) is 11.3 Å². The highest BCUT2D eigenvalue weighted by Gasteiger charge is 2.16. The smallest absolute Gasteiger partial charge is 0.177 e. The van der Waals surface area contributed by atoms with Crippen LogP contribution < -0.4 is 5.32 Å². The molecule has 0 saturated heterocycles. The fourth-order valence-corrected chi connectivity index (χ4v) is 3.06. The quantitative estimate of drug-likeness (QED) is 0.908. The van der Waals surface area contributed by atoms with Gasteiger partial charge in [0.15, 0.2) is 9.84 Å². The highest BCUT2D eigenvalue weighted by Crippen LogP contribution is 2.23. The first-order valence-corrected chi connectivity index (χ1v) is 8.57. The van der Waals surface area contributed by atoms with Gasteiger partial charge in [0.05, 0.1) is 10.4 Å². The van der Waals surface area contributed by atoms with E-state index in [0.717, 1.165) is 24.3 Å². The number of benzene rings is 1. The Kier molecular flexibility index (Phi) is 4.15. The fourth-order valence-electron chi connectivity index (χ4n) is 2.23. The van der Waals surface area contributed by atoms with Crippen LogP contribution in [-0.4, -0.2) is 36.8 Å². The van der Waals surface area contributed by atoms with Crippen LogP contribution in [0.1, 0.15) is 19.7 Å². The topological polar surface area (TPSA) is 64.0 Å². The molecule has 0 amide bonds. The van der Waals surface area contributed by atoms with E-state index in [1.165, 1.54) is 6.26 Å². The molecule has 1 N–H and O–H groups in total. The van der Waals surface area contributed by atoms with E-state index in [1.54, 1.807) is 12.1 Å². The van der Waals surface area contributed by atoms with E-state index in [0.29, 0.717) is 16.5 Å². The van der Waals surface area contributed by atoms with Gasteiger partial charge in [-0.2, -0.15) is 0 Å². The zero-order chi connectivity index (χ0) is 14.9. The zero-order valence-electron chi connectivity index (χ0n) is 12.3. The molecule has 20 heavy (non-hydrogen) atoms. The van der Waals surface area contributed by atoms with Gasteiger partial charge in [0.2, 0.25) is 0 Å². The molecule has 0 atom stereocenters. The number of aromatic nitrogens is 2. The Balaban J connectivity index is 2.42. The molecule has 0 unspecified atom stereocenters. The van der Waals surface area contributed by atoms with Gasteiger partial charge < -0.3 is 9.88 Å². The summed E-state index contributed by atoms with van der Waals surface area (Å²) < 4.78 is 25.6. The predicted molar refractivity (Wildman–Crippen MR) is 80.7 cm³/mol. The molecule has 6 heteroatoms. The van der Waals surface area contributed by atoms with Crippen LogP contribution in [0.25, 0.3) is 11.0 Å². The molecule has 0 aliphatic rings. The molecule has 2 rings (SSSR count). The Morgan fingerprint density at radius 2 is 2.05 bits per heavy atom. The summed E-state index contributed by atoms with van der Waals surface area (Å²) in [4.78, 5) is 4.82. The molecular weight excluding hydrogens is 274 g/mol. The van der Waals surface area contributed by atoms with Gasteiger partial charge >= 0.3 is 0 Å². The standard InChI is InChI=1S/C14H21N3O2S/c1-10(2)15-9-8-13-16-14-11(17(13)3)6-5-7-12(14)20(4,18)19/h5-7,10,15H,8-9H2,1-4H3. The second-order valence-corrected chi connectivity index (χ2v) is 7.33. The Hall–Kier alpha value is -1.40. The van der Waals surface area contributed by atoms with E-state index < -0.39 is 9.84 Å². The van der Waals surface area contributed by atoms with Crippen LogP contribution in [-0.2, 0) is 23.3 Å². The molecule has 0 aliphatic carbocycles. The first-order valence-electron chi connectivity index (χ1n) is 6.68. The van der Waals surface area contributed by atoms with Crippen LogP contribution in [0.3, 0.4) is 0 Å². The van der Waals surface area contributed by atoms with Crippen molar-refractivity contribution in [2.24, 2.45) is 7.05 Å². The minimum Gasteiger partial charge on any atom is -0.331 e. The summed E-state index contributed by atoms with van der Waals surface area (Å²) >= 11 is 0. The average molecular weight is 295 g/mol. The lowest BCUT2D eigenvalue weighted by atomic mass is 10.3. The van der Waals surface area contributed by atoms with E-state index in [1.807, 2.05) is 17.7 Å². The molecule has 0 aliphatic heterocycles. The van der Waals surface area contributed by atoms with Gasteiger partial charge in [-0.25, -0.2) is 13.4 Å². The summed E-state index contributed by atoms with van der Waals surface area (Å²) in [5.74, 6) is 0.893. The number of fused-ring (bicyclic) bond motifs is 1. The molecule has 1 heterocycles. The Labute approximate surface area is 119 Å². The minimum absolute atomic E-state index is 0.300. The number of hydrogen-bond acceptors (Lipinski definition) is 4. The van der Waals surface area contributed by atoms with Crippen molar-refractivity contribution in [3.8, 4) is 0 Å². The van der Waals surface area contributed by atoms with Crippen LogP contribution in [0.15, 0.2) is 23.1 Å². The second kappa shape index (κ2) is 5.54.